The number of hydrogen-bond donors (Lipinski definition) is 1. The van der Waals surface area contributed by atoms with Crippen molar-refractivity contribution in [1.29, 1.82) is 0 Å². The minimum Gasteiger partial charge on any atom is -0.444 e. The monoisotopic (exact) mass is 486 g/mol. The van der Waals surface area contributed by atoms with Gasteiger partial charge in [0.2, 0.25) is 5.91 Å². The molecule has 0 unspecified atom stereocenters. The molecule has 0 saturated carbocycles. The van der Waals surface area contributed by atoms with Gasteiger partial charge in [-0.3, -0.25) is 9.69 Å². The van der Waals surface area contributed by atoms with Gasteiger partial charge in [0.05, 0.1) is 11.7 Å². The minimum atomic E-state index is -0.601. The maximum atomic E-state index is 13.7. The molecule has 2 aromatic heterocycles. The average Bonchev–Trinajstić information content (AvgIpc) is 3.41. The van der Waals surface area contributed by atoms with E-state index >= 15 is 0 Å². The number of carbonyl (C=O) groups excluding carboxylic acids is 2. The number of likely N-dealkylation sites (tertiary alicyclic amines) is 2. The first kappa shape index (κ1) is 24.4. The number of anilines is 2. The summed E-state index contributed by atoms with van der Waals surface area (Å²) in [7, 11) is 0. The maximum absolute atomic E-state index is 13.7. The first-order valence-electron chi connectivity index (χ1n) is 12.0. The Labute approximate surface area is 204 Å². The number of rotatable bonds is 4. The number of hydrogen-bond acceptors (Lipinski definition) is 8. The maximum Gasteiger partial charge on any atom is 0.410 e. The smallest absolute Gasteiger partial charge is 0.410 e. The van der Waals surface area contributed by atoms with E-state index in [4.69, 9.17) is 4.74 Å². The van der Waals surface area contributed by atoms with Gasteiger partial charge in [0.25, 0.3) is 0 Å². The Balaban J connectivity index is 1.54. The van der Waals surface area contributed by atoms with Crippen LogP contribution in [0.5, 0.6) is 0 Å². The van der Waals surface area contributed by atoms with Crippen LogP contribution in [-0.2, 0) is 9.53 Å². The van der Waals surface area contributed by atoms with E-state index in [2.05, 4.69) is 20.3 Å². The van der Waals surface area contributed by atoms with Gasteiger partial charge in [-0.15, -0.1) is 11.3 Å². The van der Waals surface area contributed by atoms with Crippen molar-refractivity contribution in [2.45, 2.75) is 84.4 Å². The van der Waals surface area contributed by atoms with Gasteiger partial charge in [-0.25, -0.2) is 19.7 Å². The van der Waals surface area contributed by atoms with Crippen molar-refractivity contribution in [3.05, 3.63) is 28.7 Å². The Morgan fingerprint density at radius 3 is 2.56 bits per heavy atom. The van der Waals surface area contributed by atoms with Crippen LogP contribution in [0.2, 0.25) is 0 Å². The molecular formula is C24H34N6O3S. The summed E-state index contributed by atoms with van der Waals surface area (Å²) in [4.78, 5) is 44.8. The zero-order chi connectivity index (χ0) is 24.5. The summed E-state index contributed by atoms with van der Waals surface area (Å²) in [5, 5.41) is 4.04. The highest BCUT2D eigenvalue weighted by Crippen LogP contribution is 2.35. The van der Waals surface area contributed by atoms with Gasteiger partial charge in [0.1, 0.15) is 23.3 Å². The van der Waals surface area contributed by atoms with E-state index in [0.29, 0.717) is 31.2 Å². The number of ether oxygens (including phenoxy) is 1. The third-order valence-electron chi connectivity index (χ3n) is 6.01. The van der Waals surface area contributed by atoms with E-state index in [9.17, 15) is 9.59 Å². The lowest BCUT2D eigenvalue weighted by atomic mass is 10.0. The molecule has 0 aliphatic carbocycles. The zero-order valence-corrected chi connectivity index (χ0v) is 21.4. The lowest BCUT2D eigenvalue weighted by molar-refractivity contribution is -0.139. The van der Waals surface area contributed by atoms with Gasteiger partial charge < -0.3 is 15.0 Å². The second kappa shape index (κ2) is 9.85. The summed E-state index contributed by atoms with van der Waals surface area (Å²) in [6.45, 7) is 10.6. The first-order chi connectivity index (χ1) is 16.1. The second-order valence-corrected chi connectivity index (χ2v) is 11.2. The van der Waals surface area contributed by atoms with Gasteiger partial charge in [0.15, 0.2) is 5.13 Å². The fourth-order valence-corrected chi connectivity index (χ4v) is 5.28. The second-order valence-electron chi connectivity index (χ2n) is 10.0. The van der Waals surface area contributed by atoms with Gasteiger partial charge >= 0.3 is 6.09 Å². The van der Waals surface area contributed by atoms with Crippen molar-refractivity contribution in [2.75, 3.05) is 18.4 Å². The van der Waals surface area contributed by atoms with E-state index in [-0.39, 0.29) is 11.9 Å². The number of nitrogens with zero attached hydrogens (tertiary/aromatic N) is 5. The summed E-state index contributed by atoms with van der Waals surface area (Å²) in [5.41, 5.74) is 0.213. The highest BCUT2D eigenvalue weighted by molar-refractivity contribution is 7.15. The summed E-state index contributed by atoms with van der Waals surface area (Å²) >= 11 is 1.56. The molecule has 0 aromatic carbocycles. The predicted octanol–water partition coefficient (Wildman–Crippen LogP) is 4.75. The number of thiazole rings is 1. The summed E-state index contributed by atoms with van der Waals surface area (Å²) in [6.07, 6.45) is 5.58. The van der Waals surface area contributed by atoms with Crippen LogP contribution in [0, 0.1) is 13.8 Å². The number of piperidine rings is 1. The average molecular weight is 487 g/mol. The largest absolute Gasteiger partial charge is 0.444 e. The molecule has 0 bridgehead atoms. The molecule has 1 N–H and O–H groups in total. The molecule has 34 heavy (non-hydrogen) atoms. The van der Waals surface area contributed by atoms with Crippen molar-refractivity contribution < 1.29 is 14.3 Å². The third-order valence-corrected chi connectivity index (χ3v) is 6.84. The Hall–Kier alpha value is -2.75. The highest BCUT2D eigenvalue weighted by Gasteiger charge is 2.41. The predicted molar refractivity (Wildman–Crippen MR) is 131 cm³/mol. The molecule has 2 aromatic rings. The van der Waals surface area contributed by atoms with Crippen LogP contribution in [0.1, 0.15) is 75.3 Å². The fourth-order valence-electron chi connectivity index (χ4n) is 4.60. The fraction of sp³-hybridized carbons (Fsp3) is 0.625. The molecule has 10 heteroatoms. The first-order valence-corrected chi connectivity index (χ1v) is 12.8. The highest BCUT2D eigenvalue weighted by atomic mass is 32.1. The molecule has 2 saturated heterocycles. The van der Waals surface area contributed by atoms with Crippen LogP contribution in [0.15, 0.2) is 12.3 Å². The zero-order valence-electron chi connectivity index (χ0n) is 20.6. The van der Waals surface area contributed by atoms with Crippen molar-refractivity contribution in [1.82, 2.24) is 24.8 Å². The molecule has 0 radical (unpaired) electrons. The van der Waals surface area contributed by atoms with Crippen LogP contribution in [0.25, 0.3) is 0 Å². The van der Waals surface area contributed by atoms with Crippen molar-refractivity contribution in [3.63, 3.8) is 0 Å². The van der Waals surface area contributed by atoms with Crippen molar-refractivity contribution in [2.24, 2.45) is 0 Å². The Morgan fingerprint density at radius 2 is 1.85 bits per heavy atom. The molecule has 2 aliphatic heterocycles. The molecule has 2 atom stereocenters. The molecule has 2 aliphatic rings. The summed E-state index contributed by atoms with van der Waals surface area (Å²) < 4.78 is 5.60. The molecular weight excluding hydrogens is 452 g/mol. The number of nitrogens with one attached hydrogen (secondary N) is 1. The molecule has 4 heterocycles. The molecule has 0 spiro atoms. The lowest BCUT2D eigenvalue weighted by Crippen LogP contribution is -2.54. The van der Waals surface area contributed by atoms with E-state index in [1.54, 1.807) is 16.2 Å². The van der Waals surface area contributed by atoms with E-state index < -0.39 is 17.7 Å². The molecule has 2 amide bonds. The Bertz CT molecular complexity index is 1050. The van der Waals surface area contributed by atoms with E-state index in [1.807, 2.05) is 51.8 Å². The van der Waals surface area contributed by atoms with Gasteiger partial charge in [-0.1, -0.05) is 0 Å². The van der Waals surface area contributed by atoms with E-state index in [1.165, 1.54) is 0 Å². The molecule has 2 fully saturated rings. The van der Waals surface area contributed by atoms with Crippen LogP contribution >= 0.6 is 11.3 Å². The van der Waals surface area contributed by atoms with Crippen LogP contribution in [-0.4, -0.2) is 61.5 Å². The number of aryl methyl sites for hydroxylation is 2. The van der Waals surface area contributed by atoms with Gasteiger partial charge in [-0.2, -0.15) is 0 Å². The topological polar surface area (TPSA) is 101 Å². The minimum absolute atomic E-state index is 0.0191. The molecule has 9 nitrogen and oxygen atoms in total. The van der Waals surface area contributed by atoms with Crippen molar-refractivity contribution in [3.8, 4) is 0 Å². The summed E-state index contributed by atoms with van der Waals surface area (Å²) in [6, 6.07) is 1.27. The van der Waals surface area contributed by atoms with Crippen molar-refractivity contribution >= 4 is 34.3 Å². The lowest BCUT2D eigenvalue weighted by Gasteiger charge is -2.38. The van der Waals surface area contributed by atoms with Crippen LogP contribution in [0.4, 0.5) is 15.7 Å². The number of amides is 2. The standard InChI is InChI=1S/C24H34N6O3S/c1-15-14-25-22(34-15)28-20-13-17(26-16(2)27-20)18-10-8-12-29(18)21(31)19-9-6-7-11-30(19)23(32)33-24(3,4)5/h13-14,18-19H,6-12H2,1-5H3,(H,25,26,27,28)/t18-,19-/m1/s1. The quantitative estimate of drug-likeness (QED) is 0.666. The molecule has 4 rings (SSSR count). The van der Waals surface area contributed by atoms with Crippen LogP contribution in [0.3, 0.4) is 0 Å². The third kappa shape index (κ3) is 5.65. The van der Waals surface area contributed by atoms with E-state index in [0.717, 1.165) is 41.4 Å². The molecule has 184 valence electrons. The summed E-state index contributed by atoms with van der Waals surface area (Å²) in [5.74, 6) is 1.29. The normalized spacial score (nSPS) is 21.0. The number of aromatic nitrogens is 3. The Kier molecular flexibility index (Phi) is 7.06. The Morgan fingerprint density at radius 1 is 1.09 bits per heavy atom. The number of carbonyl (C=O) groups is 2. The van der Waals surface area contributed by atoms with Gasteiger partial charge in [-0.05, 0) is 66.7 Å². The van der Waals surface area contributed by atoms with Crippen LogP contribution < -0.4 is 5.32 Å². The SMILES string of the molecule is Cc1nc(Nc2ncc(C)s2)cc([C@H]2CCCN2C(=O)[C@H]2CCCCN2C(=O)OC(C)(C)C)n1. The van der Waals surface area contributed by atoms with Gasteiger partial charge in [0, 0.05) is 30.2 Å².